The van der Waals surface area contributed by atoms with Gasteiger partial charge in [0.25, 0.3) is 0 Å². The van der Waals surface area contributed by atoms with Gasteiger partial charge in [0.05, 0.1) is 0 Å². The Morgan fingerprint density at radius 2 is 1.85 bits per heavy atom. The van der Waals surface area contributed by atoms with Gasteiger partial charge in [0.2, 0.25) is 0 Å². The smallest absolute Gasteiger partial charge is 0.0239 e. The lowest BCUT2D eigenvalue weighted by atomic mass is 9.96. The third kappa shape index (κ3) is 5.44. The molecule has 1 aromatic rings. The van der Waals surface area contributed by atoms with E-state index in [0.717, 1.165) is 18.6 Å². The van der Waals surface area contributed by atoms with Crippen LogP contribution in [0.15, 0.2) is 24.8 Å². The normalized spacial score (nSPS) is 16.6. The second-order valence-corrected chi connectivity index (χ2v) is 8.16. The molecule has 0 atom stereocenters. The lowest BCUT2D eigenvalue weighted by Gasteiger charge is -2.42. The minimum atomic E-state index is 0.763. The molecule has 0 bridgehead atoms. The molecule has 0 saturated carbocycles. The lowest BCUT2D eigenvalue weighted by Crippen LogP contribution is -2.49. The van der Waals surface area contributed by atoms with E-state index >= 15 is 0 Å². The second-order valence-electron chi connectivity index (χ2n) is 8.16. The molecular weight excluding hydrogens is 316 g/mol. The molecule has 0 radical (unpaired) electrons. The molecule has 0 spiro atoms. The molecule has 1 aromatic carbocycles. The highest BCUT2D eigenvalue weighted by Gasteiger charge is 2.27. The summed E-state index contributed by atoms with van der Waals surface area (Å²) >= 11 is 0. The predicted octanol–water partition coefficient (Wildman–Crippen LogP) is 5.89. The zero-order valence-electron chi connectivity index (χ0n) is 17.9. The highest BCUT2D eigenvalue weighted by atomic mass is 15.2. The number of nitrogens with zero attached hydrogens (tertiary/aromatic N) is 2. The highest BCUT2D eigenvalue weighted by molar-refractivity contribution is 5.65. The van der Waals surface area contributed by atoms with Gasteiger partial charge in [-0.25, -0.2) is 0 Å². The van der Waals surface area contributed by atoms with E-state index in [4.69, 9.17) is 0 Å². The van der Waals surface area contributed by atoms with Gasteiger partial charge in [0, 0.05) is 18.6 Å². The average Bonchev–Trinajstić information content (AvgIpc) is 2.64. The number of rotatable bonds is 9. The number of likely N-dealkylation sites (tertiary alicyclic amines) is 1. The summed E-state index contributed by atoms with van der Waals surface area (Å²) in [5, 5.41) is 0. The first-order chi connectivity index (χ1) is 12.5. The fourth-order valence-corrected chi connectivity index (χ4v) is 4.55. The fourth-order valence-electron chi connectivity index (χ4n) is 4.55. The molecule has 2 nitrogen and oxygen atoms in total. The van der Waals surface area contributed by atoms with Gasteiger partial charge < -0.3 is 0 Å². The van der Waals surface area contributed by atoms with Gasteiger partial charge in [-0.05, 0) is 76.7 Å². The molecule has 2 rings (SSSR count). The van der Waals surface area contributed by atoms with Gasteiger partial charge >= 0.3 is 0 Å². The molecule has 0 aromatic heterocycles. The molecule has 146 valence electrons. The van der Waals surface area contributed by atoms with E-state index in [1.807, 2.05) is 0 Å². The summed E-state index contributed by atoms with van der Waals surface area (Å²) in [5.74, 6) is 0. The van der Waals surface area contributed by atoms with E-state index in [9.17, 15) is 0 Å². The van der Waals surface area contributed by atoms with Gasteiger partial charge in [-0.1, -0.05) is 56.7 Å². The second kappa shape index (κ2) is 10.3. The maximum Gasteiger partial charge on any atom is 0.0239 e. The fraction of sp³-hybridized carbons (Fsp3) is 0.667. The Kier molecular flexibility index (Phi) is 8.37. The minimum Gasteiger partial charge on any atom is -0.299 e. The van der Waals surface area contributed by atoms with E-state index in [2.05, 4.69) is 69.2 Å². The van der Waals surface area contributed by atoms with Crippen molar-refractivity contribution in [3.63, 3.8) is 0 Å². The maximum atomic E-state index is 4.19. The Hall–Kier alpha value is -1.12. The molecule has 26 heavy (non-hydrogen) atoms. The van der Waals surface area contributed by atoms with Crippen molar-refractivity contribution in [1.82, 2.24) is 9.80 Å². The molecular formula is C24H40N2. The van der Waals surface area contributed by atoms with Crippen molar-refractivity contribution >= 4 is 5.57 Å². The van der Waals surface area contributed by atoms with Crippen LogP contribution in [0, 0.1) is 6.92 Å². The predicted molar refractivity (Wildman–Crippen MR) is 116 cm³/mol. The van der Waals surface area contributed by atoms with Crippen molar-refractivity contribution in [1.29, 1.82) is 0 Å². The Morgan fingerprint density at radius 3 is 2.38 bits per heavy atom. The van der Waals surface area contributed by atoms with Crippen LogP contribution in [-0.4, -0.2) is 41.5 Å². The number of hydrogen-bond acceptors (Lipinski definition) is 2. The number of aryl methyl sites for hydroxylation is 1. The Labute approximate surface area is 162 Å². The van der Waals surface area contributed by atoms with E-state index in [-0.39, 0.29) is 0 Å². The molecule has 2 heteroatoms. The van der Waals surface area contributed by atoms with Crippen LogP contribution in [0.5, 0.6) is 0 Å². The number of allylic oxidation sites excluding steroid dienone is 1. The van der Waals surface area contributed by atoms with Crippen LogP contribution in [0.3, 0.4) is 0 Å². The van der Waals surface area contributed by atoms with E-state index in [0.29, 0.717) is 0 Å². The van der Waals surface area contributed by atoms with Gasteiger partial charge in [-0.2, -0.15) is 0 Å². The van der Waals surface area contributed by atoms with Crippen molar-refractivity contribution < 1.29 is 0 Å². The summed E-state index contributed by atoms with van der Waals surface area (Å²) in [6.45, 7) is 20.3. The van der Waals surface area contributed by atoms with Crippen molar-refractivity contribution in [3.05, 3.63) is 41.5 Å². The van der Waals surface area contributed by atoms with E-state index in [1.54, 1.807) is 0 Å². The third-order valence-electron chi connectivity index (χ3n) is 6.04. The zero-order valence-corrected chi connectivity index (χ0v) is 17.9. The average molecular weight is 357 g/mol. The molecule has 0 unspecified atom stereocenters. The number of benzene rings is 1. The highest BCUT2D eigenvalue weighted by Crippen LogP contribution is 2.25. The standard InChI is InChI=1S/C24H40N2/c1-7-14-26(22(8-2)9-3)23-12-15-25(16-13-23)18-21-11-10-20(6)17-24(21)19(4)5/h10-11,17,22-23H,4,7-9,12-16,18H2,1-3,5-6H3. The van der Waals surface area contributed by atoms with Crippen LogP contribution in [0.2, 0.25) is 0 Å². The first-order valence-electron chi connectivity index (χ1n) is 10.7. The van der Waals surface area contributed by atoms with Gasteiger partial charge in [-0.3, -0.25) is 9.80 Å². The number of piperidine rings is 1. The molecule has 0 amide bonds. The van der Waals surface area contributed by atoms with Crippen molar-refractivity contribution in [2.75, 3.05) is 19.6 Å². The Morgan fingerprint density at radius 1 is 1.19 bits per heavy atom. The van der Waals surface area contributed by atoms with Gasteiger partial charge in [0.1, 0.15) is 0 Å². The summed E-state index contributed by atoms with van der Waals surface area (Å²) in [6, 6.07) is 8.37. The van der Waals surface area contributed by atoms with Crippen LogP contribution in [0.1, 0.15) is 76.5 Å². The number of hydrogen-bond donors (Lipinski definition) is 0. The van der Waals surface area contributed by atoms with Crippen molar-refractivity contribution in [2.45, 2.75) is 85.4 Å². The molecule has 1 heterocycles. The lowest BCUT2D eigenvalue weighted by molar-refractivity contribution is 0.0669. The van der Waals surface area contributed by atoms with Crippen LogP contribution < -0.4 is 0 Å². The SMILES string of the molecule is C=C(C)c1cc(C)ccc1CN1CCC(N(CCC)C(CC)CC)CC1. The first-order valence-corrected chi connectivity index (χ1v) is 10.7. The molecule has 0 N–H and O–H groups in total. The zero-order chi connectivity index (χ0) is 19.1. The third-order valence-corrected chi connectivity index (χ3v) is 6.04. The summed E-state index contributed by atoms with van der Waals surface area (Å²) in [7, 11) is 0. The Bertz CT molecular complexity index is 566. The maximum absolute atomic E-state index is 4.19. The largest absolute Gasteiger partial charge is 0.299 e. The van der Waals surface area contributed by atoms with E-state index < -0.39 is 0 Å². The monoisotopic (exact) mass is 356 g/mol. The first kappa shape index (κ1) is 21.2. The molecule has 1 aliphatic rings. The molecule has 0 aliphatic carbocycles. The van der Waals surface area contributed by atoms with Crippen LogP contribution >= 0.6 is 0 Å². The van der Waals surface area contributed by atoms with Crippen LogP contribution in [0.4, 0.5) is 0 Å². The summed E-state index contributed by atoms with van der Waals surface area (Å²) < 4.78 is 0. The minimum absolute atomic E-state index is 0.763. The van der Waals surface area contributed by atoms with Crippen molar-refractivity contribution in [2.24, 2.45) is 0 Å². The van der Waals surface area contributed by atoms with Crippen LogP contribution in [-0.2, 0) is 6.54 Å². The Balaban J connectivity index is 1.99. The topological polar surface area (TPSA) is 6.48 Å². The molecule has 1 aliphatic heterocycles. The quantitative estimate of drug-likeness (QED) is 0.544. The summed E-state index contributed by atoms with van der Waals surface area (Å²) in [6.07, 6.45) is 6.45. The molecule has 1 fully saturated rings. The van der Waals surface area contributed by atoms with Crippen LogP contribution in [0.25, 0.3) is 5.57 Å². The summed E-state index contributed by atoms with van der Waals surface area (Å²) in [4.78, 5) is 5.47. The van der Waals surface area contributed by atoms with Crippen molar-refractivity contribution in [3.8, 4) is 0 Å². The summed E-state index contributed by atoms with van der Waals surface area (Å²) in [5.41, 5.74) is 5.29. The molecule has 1 saturated heterocycles. The van der Waals surface area contributed by atoms with E-state index in [1.165, 1.54) is 74.0 Å². The van der Waals surface area contributed by atoms with Gasteiger partial charge in [-0.15, -0.1) is 0 Å². The van der Waals surface area contributed by atoms with Gasteiger partial charge in [0.15, 0.2) is 0 Å².